The Kier molecular flexibility index (Phi) is 3.98. The van der Waals surface area contributed by atoms with E-state index in [1.54, 1.807) is 0 Å². The Labute approximate surface area is 108 Å². The van der Waals surface area contributed by atoms with Crippen LogP contribution in [0.15, 0.2) is 0 Å². The Morgan fingerprint density at radius 3 is 2.74 bits per heavy atom. The molecule has 2 amide bonds. The summed E-state index contributed by atoms with van der Waals surface area (Å²) in [4.78, 5) is 24.3. The molecule has 2 aliphatic rings. The zero-order valence-corrected chi connectivity index (χ0v) is 10.3. The van der Waals surface area contributed by atoms with Crippen molar-refractivity contribution < 1.29 is 22.8 Å². The van der Waals surface area contributed by atoms with Crippen LogP contribution < -0.4 is 10.6 Å². The average Bonchev–Trinajstić information content (AvgIpc) is 2.92. The Hall–Kier alpha value is -1.31. The highest BCUT2D eigenvalue weighted by molar-refractivity contribution is 5.90. The van der Waals surface area contributed by atoms with Crippen LogP contribution in [0.3, 0.4) is 0 Å². The van der Waals surface area contributed by atoms with Crippen LogP contribution in [0, 0.1) is 5.92 Å². The number of carbonyl (C=O) groups is 2. The number of halogens is 3. The van der Waals surface area contributed by atoms with Crippen LogP contribution in [0.25, 0.3) is 0 Å². The van der Waals surface area contributed by atoms with Gasteiger partial charge in [0, 0.05) is 13.1 Å². The highest BCUT2D eigenvalue weighted by atomic mass is 19.4. The van der Waals surface area contributed by atoms with E-state index in [2.05, 4.69) is 10.6 Å². The molecule has 2 heterocycles. The van der Waals surface area contributed by atoms with E-state index in [4.69, 9.17) is 0 Å². The van der Waals surface area contributed by atoms with Gasteiger partial charge in [0.1, 0.15) is 12.6 Å². The lowest BCUT2D eigenvalue weighted by molar-refractivity contribution is -0.158. The minimum atomic E-state index is -4.40. The van der Waals surface area contributed by atoms with Crippen molar-refractivity contribution >= 4 is 11.8 Å². The van der Waals surface area contributed by atoms with Crippen LogP contribution in [0.4, 0.5) is 13.2 Å². The Bertz CT molecular complexity index is 367. The van der Waals surface area contributed by atoms with Crippen molar-refractivity contribution in [3.63, 3.8) is 0 Å². The van der Waals surface area contributed by atoms with Crippen molar-refractivity contribution in [1.82, 2.24) is 15.5 Å². The van der Waals surface area contributed by atoms with Gasteiger partial charge < -0.3 is 15.5 Å². The standard InChI is InChI=1S/C11H16F3N3O2/c12-11(13,14)6-17-4-2-8(10(17)19)16-9(18)7-1-3-15-5-7/h7-8,15H,1-6H2,(H,16,18). The number of carbonyl (C=O) groups excluding carboxylic acids is 2. The molecule has 2 atom stereocenters. The van der Waals surface area contributed by atoms with Crippen molar-refractivity contribution in [3.8, 4) is 0 Å². The number of nitrogens with zero attached hydrogens (tertiary/aromatic N) is 1. The van der Waals surface area contributed by atoms with Gasteiger partial charge in [-0.25, -0.2) is 0 Å². The van der Waals surface area contributed by atoms with Crippen LogP contribution in [-0.4, -0.2) is 55.1 Å². The van der Waals surface area contributed by atoms with Crippen molar-refractivity contribution in [2.45, 2.75) is 25.1 Å². The molecule has 2 fully saturated rings. The first-order valence-electron chi connectivity index (χ1n) is 6.23. The average molecular weight is 279 g/mol. The van der Waals surface area contributed by atoms with E-state index in [-0.39, 0.29) is 24.8 Å². The quantitative estimate of drug-likeness (QED) is 0.757. The number of alkyl halides is 3. The van der Waals surface area contributed by atoms with Crippen molar-refractivity contribution in [2.75, 3.05) is 26.2 Å². The minimum Gasteiger partial charge on any atom is -0.344 e. The Morgan fingerprint density at radius 1 is 1.42 bits per heavy atom. The second-order valence-electron chi connectivity index (χ2n) is 4.91. The fourth-order valence-corrected chi connectivity index (χ4v) is 2.41. The molecule has 2 aliphatic heterocycles. The Balaban J connectivity index is 1.85. The number of hydrogen-bond acceptors (Lipinski definition) is 3. The monoisotopic (exact) mass is 279 g/mol. The van der Waals surface area contributed by atoms with Gasteiger partial charge in [-0.05, 0) is 19.4 Å². The maximum Gasteiger partial charge on any atom is 0.406 e. The summed E-state index contributed by atoms with van der Waals surface area (Å²) in [5.41, 5.74) is 0. The highest BCUT2D eigenvalue weighted by Gasteiger charge is 2.40. The summed E-state index contributed by atoms with van der Waals surface area (Å²) < 4.78 is 36.7. The molecule has 0 spiro atoms. The number of rotatable bonds is 3. The smallest absolute Gasteiger partial charge is 0.344 e. The highest BCUT2D eigenvalue weighted by Crippen LogP contribution is 2.21. The van der Waals surface area contributed by atoms with Gasteiger partial charge in [0.25, 0.3) is 0 Å². The summed E-state index contributed by atoms with van der Waals surface area (Å²) in [7, 11) is 0. The molecule has 108 valence electrons. The molecule has 8 heteroatoms. The molecule has 0 aromatic rings. The first-order chi connectivity index (χ1) is 8.87. The van der Waals surface area contributed by atoms with Crippen molar-refractivity contribution in [2.24, 2.45) is 5.92 Å². The fourth-order valence-electron chi connectivity index (χ4n) is 2.41. The van der Waals surface area contributed by atoms with E-state index in [0.717, 1.165) is 11.4 Å². The van der Waals surface area contributed by atoms with Crippen LogP contribution in [0.2, 0.25) is 0 Å². The molecule has 2 N–H and O–H groups in total. The molecule has 0 aromatic heterocycles. The van der Waals surface area contributed by atoms with Gasteiger partial charge in [-0.3, -0.25) is 9.59 Å². The first-order valence-corrected chi connectivity index (χ1v) is 6.23. The van der Waals surface area contributed by atoms with Crippen molar-refractivity contribution in [1.29, 1.82) is 0 Å². The van der Waals surface area contributed by atoms with Gasteiger partial charge in [-0.2, -0.15) is 13.2 Å². The molecular formula is C11H16F3N3O2. The van der Waals surface area contributed by atoms with E-state index in [1.165, 1.54) is 0 Å². The van der Waals surface area contributed by atoms with E-state index in [1.807, 2.05) is 0 Å². The predicted molar refractivity (Wildman–Crippen MR) is 60.2 cm³/mol. The van der Waals surface area contributed by atoms with Crippen LogP contribution in [0.1, 0.15) is 12.8 Å². The van der Waals surface area contributed by atoms with E-state index in [9.17, 15) is 22.8 Å². The van der Waals surface area contributed by atoms with Gasteiger partial charge in [-0.1, -0.05) is 0 Å². The number of hydrogen-bond donors (Lipinski definition) is 2. The van der Waals surface area contributed by atoms with E-state index in [0.29, 0.717) is 13.0 Å². The molecule has 2 rings (SSSR count). The third-order valence-corrected chi connectivity index (χ3v) is 3.42. The van der Waals surface area contributed by atoms with Gasteiger partial charge in [0.15, 0.2) is 0 Å². The molecular weight excluding hydrogens is 263 g/mol. The topological polar surface area (TPSA) is 61.4 Å². The van der Waals surface area contributed by atoms with Crippen LogP contribution >= 0.6 is 0 Å². The summed E-state index contributed by atoms with van der Waals surface area (Å²) >= 11 is 0. The predicted octanol–water partition coefficient (Wildman–Crippen LogP) is -0.125. The third-order valence-electron chi connectivity index (χ3n) is 3.42. The van der Waals surface area contributed by atoms with Crippen LogP contribution in [-0.2, 0) is 9.59 Å². The fraction of sp³-hybridized carbons (Fsp3) is 0.818. The molecule has 0 aliphatic carbocycles. The zero-order chi connectivity index (χ0) is 14.0. The summed E-state index contributed by atoms with van der Waals surface area (Å²) in [6.45, 7) is 0.0886. The third kappa shape index (κ3) is 3.59. The Morgan fingerprint density at radius 2 is 2.16 bits per heavy atom. The molecule has 0 radical (unpaired) electrons. The van der Waals surface area contributed by atoms with Gasteiger partial charge in [0.05, 0.1) is 5.92 Å². The molecule has 5 nitrogen and oxygen atoms in total. The maximum atomic E-state index is 12.2. The number of nitrogens with one attached hydrogen (secondary N) is 2. The second-order valence-corrected chi connectivity index (χ2v) is 4.91. The second kappa shape index (κ2) is 5.36. The molecule has 2 saturated heterocycles. The SMILES string of the molecule is O=C(NC1CCN(CC(F)(F)F)C1=O)C1CCNC1. The molecule has 0 aromatic carbocycles. The minimum absolute atomic E-state index is 0.0339. The maximum absolute atomic E-state index is 12.2. The summed E-state index contributed by atoms with van der Waals surface area (Å²) in [5, 5.41) is 5.57. The van der Waals surface area contributed by atoms with Gasteiger partial charge >= 0.3 is 6.18 Å². The molecule has 0 saturated carbocycles. The summed E-state index contributed by atoms with van der Waals surface area (Å²) in [6.07, 6.45) is -3.47. The van der Waals surface area contributed by atoms with E-state index < -0.39 is 24.7 Å². The van der Waals surface area contributed by atoms with Gasteiger partial charge in [0.2, 0.25) is 11.8 Å². The van der Waals surface area contributed by atoms with E-state index >= 15 is 0 Å². The zero-order valence-electron chi connectivity index (χ0n) is 10.3. The lowest BCUT2D eigenvalue weighted by Gasteiger charge is -2.19. The van der Waals surface area contributed by atoms with Crippen molar-refractivity contribution in [3.05, 3.63) is 0 Å². The lowest BCUT2D eigenvalue weighted by Crippen LogP contribution is -2.45. The van der Waals surface area contributed by atoms with Gasteiger partial charge in [-0.15, -0.1) is 0 Å². The summed E-state index contributed by atoms with van der Waals surface area (Å²) in [5.74, 6) is -1.08. The lowest BCUT2D eigenvalue weighted by atomic mass is 10.1. The number of likely N-dealkylation sites (tertiary alicyclic amines) is 1. The molecule has 19 heavy (non-hydrogen) atoms. The summed E-state index contributed by atoms with van der Waals surface area (Å²) in [6, 6.07) is -0.810. The molecule has 2 unspecified atom stereocenters. The largest absolute Gasteiger partial charge is 0.406 e. The van der Waals surface area contributed by atoms with Crippen LogP contribution in [0.5, 0.6) is 0 Å². The molecule has 0 bridgehead atoms. The normalized spacial score (nSPS) is 27.9. The first kappa shape index (κ1) is 14.1. The number of amides is 2.